The van der Waals surface area contributed by atoms with E-state index in [4.69, 9.17) is 10.5 Å². The first-order valence-corrected chi connectivity index (χ1v) is 5.98. The Morgan fingerprint density at radius 2 is 1.89 bits per heavy atom. The van der Waals surface area contributed by atoms with Gasteiger partial charge in [-0.25, -0.2) is 4.39 Å². The Kier molecular flexibility index (Phi) is 3.60. The molecule has 0 saturated carbocycles. The van der Waals surface area contributed by atoms with E-state index in [0.717, 1.165) is 16.8 Å². The van der Waals surface area contributed by atoms with E-state index >= 15 is 0 Å². The summed E-state index contributed by atoms with van der Waals surface area (Å²) >= 11 is 0. The number of halogens is 1. The highest BCUT2D eigenvalue weighted by atomic mass is 19.1. The normalized spacial score (nSPS) is 10.3. The summed E-state index contributed by atoms with van der Waals surface area (Å²) in [4.78, 5) is 0. The molecule has 19 heavy (non-hydrogen) atoms. The summed E-state index contributed by atoms with van der Waals surface area (Å²) in [5.41, 5.74) is 9.78. The van der Waals surface area contributed by atoms with Gasteiger partial charge in [-0.05, 0) is 49.2 Å². The second-order valence-corrected chi connectivity index (χ2v) is 4.52. The van der Waals surface area contributed by atoms with Crippen LogP contribution in [-0.4, -0.2) is 7.11 Å². The van der Waals surface area contributed by atoms with E-state index in [1.165, 1.54) is 18.2 Å². The van der Waals surface area contributed by atoms with Crippen LogP contribution in [0.2, 0.25) is 0 Å². The Morgan fingerprint density at radius 1 is 1.16 bits per heavy atom. The molecule has 0 fully saturated rings. The number of nitrogen functional groups attached to an aromatic ring is 1. The maximum absolute atomic E-state index is 13.3. The standard InChI is InChI=1S/C15H17FN2O/c1-9-6-10(2)15(14(7-9)19-3)18-13-8-11(16)4-5-12(13)17/h4-8,18H,17H2,1-3H3. The lowest BCUT2D eigenvalue weighted by molar-refractivity contribution is 0.416. The molecule has 0 aliphatic rings. The smallest absolute Gasteiger partial charge is 0.142 e. The van der Waals surface area contributed by atoms with Crippen LogP contribution in [0.1, 0.15) is 11.1 Å². The molecule has 0 aromatic heterocycles. The van der Waals surface area contributed by atoms with Crippen molar-refractivity contribution in [2.24, 2.45) is 0 Å². The Hall–Kier alpha value is -2.23. The molecule has 3 N–H and O–H groups in total. The molecule has 0 spiro atoms. The number of methoxy groups -OCH3 is 1. The summed E-state index contributed by atoms with van der Waals surface area (Å²) < 4.78 is 18.6. The minimum atomic E-state index is -0.333. The van der Waals surface area contributed by atoms with Crippen molar-refractivity contribution >= 4 is 17.1 Å². The van der Waals surface area contributed by atoms with Crippen molar-refractivity contribution in [2.75, 3.05) is 18.2 Å². The topological polar surface area (TPSA) is 47.3 Å². The SMILES string of the molecule is COc1cc(C)cc(C)c1Nc1cc(F)ccc1N. The number of hydrogen-bond acceptors (Lipinski definition) is 3. The fourth-order valence-corrected chi connectivity index (χ4v) is 2.02. The molecular weight excluding hydrogens is 243 g/mol. The molecule has 0 heterocycles. The van der Waals surface area contributed by atoms with Crippen LogP contribution in [0.15, 0.2) is 30.3 Å². The Morgan fingerprint density at radius 3 is 2.58 bits per heavy atom. The van der Waals surface area contributed by atoms with Gasteiger partial charge in [-0.15, -0.1) is 0 Å². The molecule has 0 aliphatic carbocycles. The lowest BCUT2D eigenvalue weighted by atomic mass is 10.1. The zero-order chi connectivity index (χ0) is 14.0. The van der Waals surface area contributed by atoms with Crippen LogP contribution in [0.5, 0.6) is 5.75 Å². The average molecular weight is 260 g/mol. The monoisotopic (exact) mass is 260 g/mol. The molecule has 2 aromatic carbocycles. The van der Waals surface area contributed by atoms with E-state index in [1.807, 2.05) is 26.0 Å². The van der Waals surface area contributed by atoms with Gasteiger partial charge in [-0.1, -0.05) is 6.07 Å². The lowest BCUT2D eigenvalue weighted by Gasteiger charge is -2.16. The predicted molar refractivity (Wildman–Crippen MR) is 76.6 cm³/mol. The van der Waals surface area contributed by atoms with Crippen LogP contribution in [0.3, 0.4) is 0 Å². The third-order valence-corrected chi connectivity index (χ3v) is 2.94. The van der Waals surface area contributed by atoms with Crippen molar-refractivity contribution in [3.63, 3.8) is 0 Å². The van der Waals surface area contributed by atoms with E-state index < -0.39 is 0 Å². The maximum atomic E-state index is 13.3. The number of aryl methyl sites for hydroxylation is 2. The van der Waals surface area contributed by atoms with E-state index in [-0.39, 0.29) is 5.82 Å². The van der Waals surface area contributed by atoms with Crippen molar-refractivity contribution < 1.29 is 9.13 Å². The predicted octanol–water partition coefficient (Wildman–Crippen LogP) is 3.78. The van der Waals surface area contributed by atoms with Gasteiger partial charge in [0.05, 0.1) is 24.2 Å². The number of rotatable bonds is 3. The number of nitrogens with two attached hydrogens (primary N) is 1. The van der Waals surface area contributed by atoms with Gasteiger partial charge in [0, 0.05) is 0 Å². The van der Waals surface area contributed by atoms with Gasteiger partial charge in [0.1, 0.15) is 11.6 Å². The summed E-state index contributed by atoms with van der Waals surface area (Å²) in [6.45, 7) is 3.96. The highest BCUT2D eigenvalue weighted by Gasteiger charge is 2.10. The molecular formula is C15H17FN2O. The molecule has 0 radical (unpaired) electrons. The number of hydrogen-bond donors (Lipinski definition) is 2. The summed E-state index contributed by atoms with van der Waals surface area (Å²) in [5, 5.41) is 3.14. The van der Waals surface area contributed by atoms with Gasteiger partial charge >= 0.3 is 0 Å². The zero-order valence-electron chi connectivity index (χ0n) is 11.3. The van der Waals surface area contributed by atoms with Crippen molar-refractivity contribution in [3.8, 4) is 5.75 Å². The summed E-state index contributed by atoms with van der Waals surface area (Å²) in [7, 11) is 1.61. The van der Waals surface area contributed by atoms with Crippen LogP contribution < -0.4 is 15.8 Å². The first kappa shape index (κ1) is 13.2. The molecule has 0 amide bonds. The fraction of sp³-hybridized carbons (Fsp3) is 0.200. The second-order valence-electron chi connectivity index (χ2n) is 4.52. The summed E-state index contributed by atoms with van der Waals surface area (Å²) in [6.07, 6.45) is 0. The average Bonchev–Trinajstić information content (AvgIpc) is 2.36. The Bertz CT molecular complexity index is 611. The van der Waals surface area contributed by atoms with Gasteiger partial charge in [0.2, 0.25) is 0 Å². The molecule has 100 valence electrons. The van der Waals surface area contributed by atoms with Crippen LogP contribution in [0, 0.1) is 19.7 Å². The molecule has 3 nitrogen and oxygen atoms in total. The van der Waals surface area contributed by atoms with Crippen molar-refractivity contribution in [1.29, 1.82) is 0 Å². The summed E-state index contributed by atoms with van der Waals surface area (Å²) in [5.74, 6) is 0.376. The third-order valence-electron chi connectivity index (χ3n) is 2.94. The number of ether oxygens (including phenoxy) is 1. The van der Waals surface area contributed by atoms with Crippen molar-refractivity contribution in [3.05, 3.63) is 47.3 Å². The first-order valence-electron chi connectivity index (χ1n) is 5.98. The van der Waals surface area contributed by atoms with Gasteiger partial charge in [-0.2, -0.15) is 0 Å². The molecule has 2 aromatic rings. The largest absolute Gasteiger partial charge is 0.495 e. The summed E-state index contributed by atoms with van der Waals surface area (Å²) in [6, 6.07) is 8.19. The quantitative estimate of drug-likeness (QED) is 0.826. The lowest BCUT2D eigenvalue weighted by Crippen LogP contribution is -2.01. The molecule has 4 heteroatoms. The van der Waals surface area contributed by atoms with Crippen LogP contribution >= 0.6 is 0 Å². The molecule has 0 unspecified atom stereocenters. The van der Waals surface area contributed by atoms with Crippen LogP contribution in [0.4, 0.5) is 21.5 Å². The van der Waals surface area contributed by atoms with Crippen molar-refractivity contribution in [2.45, 2.75) is 13.8 Å². The minimum Gasteiger partial charge on any atom is -0.495 e. The number of benzene rings is 2. The Balaban J connectivity index is 2.46. The minimum absolute atomic E-state index is 0.333. The zero-order valence-corrected chi connectivity index (χ0v) is 11.3. The Labute approximate surface area is 112 Å². The molecule has 0 aliphatic heterocycles. The van der Waals surface area contributed by atoms with E-state index in [1.54, 1.807) is 7.11 Å². The van der Waals surface area contributed by atoms with Crippen molar-refractivity contribution in [1.82, 2.24) is 0 Å². The molecule has 0 atom stereocenters. The van der Waals surface area contributed by atoms with Crippen LogP contribution in [-0.2, 0) is 0 Å². The maximum Gasteiger partial charge on any atom is 0.142 e. The highest BCUT2D eigenvalue weighted by molar-refractivity contribution is 5.77. The van der Waals surface area contributed by atoms with Gasteiger partial charge in [-0.3, -0.25) is 0 Å². The van der Waals surface area contributed by atoms with E-state index in [9.17, 15) is 4.39 Å². The molecule has 2 rings (SSSR count). The number of nitrogens with one attached hydrogen (secondary N) is 1. The second kappa shape index (κ2) is 5.18. The molecule has 0 bridgehead atoms. The first-order chi connectivity index (χ1) is 9.01. The van der Waals surface area contributed by atoms with Crippen LogP contribution in [0.25, 0.3) is 0 Å². The van der Waals surface area contributed by atoms with Gasteiger partial charge in [0.15, 0.2) is 0 Å². The van der Waals surface area contributed by atoms with E-state index in [2.05, 4.69) is 5.32 Å². The third kappa shape index (κ3) is 2.78. The number of anilines is 3. The van der Waals surface area contributed by atoms with Gasteiger partial charge in [0.25, 0.3) is 0 Å². The van der Waals surface area contributed by atoms with E-state index in [0.29, 0.717) is 17.1 Å². The van der Waals surface area contributed by atoms with Gasteiger partial charge < -0.3 is 15.8 Å². The fourth-order valence-electron chi connectivity index (χ4n) is 2.02. The molecule has 0 saturated heterocycles. The highest BCUT2D eigenvalue weighted by Crippen LogP contribution is 2.34.